The second-order valence-corrected chi connectivity index (χ2v) is 5.46. The monoisotopic (exact) mass is 241 g/mol. The van der Waals surface area contributed by atoms with E-state index < -0.39 is 5.41 Å². The number of methoxy groups -OCH3 is 1. The summed E-state index contributed by atoms with van der Waals surface area (Å²) in [5.41, 5.74) is 5.37. The molecule has 2 atom stereocenters. The Morgan fingerprint density at radius 3 is 2.65 bits per heavy atom. The molecule has 2 unspecified atom stereocenters. The van der Waals surface area contributed by atoms with Crippen LogP contribution in [0.1, 0.15) is 38.5 Å². The Hall–Kier alpha value is -0.610. The lowest BCUT2D eigenvalue weighted by Crippen LogP contribution is -2.42. The van der Waals surface area contributed by atoms with Crippen LogP contribution in [0.4, 0.5) is 0 Å². The third kappa shape index (κ3) is 2.99. The Balaban J connectivity index is 2.04. The van der Waals surface area contributed by atoms with Gasteiger partial charge in [0.05, 0.1) is 18.6 Å². The maximum Gasteiger partial charge on any atom is 0.313 e. The maximum atomic E-state index is 12.1. The molecule has 1 aliphatic carbocycles. The first-order chi connectivity index (χ1) is 8.20. The van der Waals surface area contributed by atoms with E-state index in [1.807, 2.05) is 0 Å². The largest absolute Gasteiger partial charge is 0.469 e. The van der Waals surface area contributed by atoms with Crippen LogP contribution in [0.2, 0.25) is 0 Å². The highest BCUT2D eigenvalue weighted by molar-refractivity contribution is 5.77. The summed E-state index contributed by atoms with van der Waals surface area (Å²) in [6.45, 7) is 1.19. The van der Waals surface area contributed by atoms with Gasteiger partial charge in [0, 0.05) is 13.2 Å². The molecule has 2 N–H and O–H groups in total. The first-order valence-corrected chi connectivity index (χ1v) is 6.60. The van der Waals surface area contributed by atoms with Crippen LogP contribution >= 0.6 is 0 Å². The Bertz CT molecular complexity index is 272. The molecule has 1 saturated heterocycles. The van der Waals surface area contributed by atoms with Crippen molar-refractivity contribution in [3.05, 3.63) is 0 Å². The zero-order valence-electron chi connectivity index (χ0n) is 10.6. The van der Waals surface area contributed by atoms with Gasteiger partial charge in [0.25, 0.3) is 0 Å². The number of esters is 1. The fourth-order valence-corrected chi connectivity index (χ4v) is 2.83. The summed E-state index contributed by atoms with van der Waals surface area (Å²) in [5.74, 6) is 0.515. The number of hydrogen-bond donors (Lipinski definition) is 1. The van der Waals surface area contributed by atoms with E-state index in [4.69, 9.17) is 15.2 Å². The van der Waals surface area contributed by atoms with Crippen LogP contribution < -0.4 is 5.73 Å². The molecule has 0 radical (unpaired) electrons. The first kappa shape index (κ1) is 12.8. The smallest absolute Gasteiger partial charge is 0.313 e. The molecule has 2 aliphatic rings. The van der Waals surface area contributed by atoms with Gasteiger partial charge >= 0.3 is 5.97 Å². The van der Waals surface area contributed by atoms with Gasteiger partial charge in [-0.15, -0.1) is 0 Å². The molecule has 4 heteroatoms. The molecule has 0 aromatic rings. The third-order valence-corrected chi connectivity index (χ3v) is 4.03. The van der Waals surface area contributed by atoms with Gasteiger partial charge in [0.15, 0.2) is 0 Å². The average Bonchev–Trinajstić information content (AvgIpc) is 3.01. The zero-order valence-corrected chi connectivity index (χ0v) is 10.6. The molecule has 1 heterocycles. The summed E-state index contributed by atoms with van der Waals surface area (Å²) in [7, 11) is 1.45. The van der Waals surface area contributed by atoms with Crippen molar-refractivity contribution in [3.8, 4) is 0 Å². The molecular weight excluding hydrogens is 218 g/mol. The maximum absolute atomic E-state index is 12.1. The van der Waals surface area contributed by atoms with E-state index >= 15 is 0 Å². The van der Waals surface area contributed by atoms with Crippen molar-refractivity contribution in [2.75, 3.05) is 20.3 Å². The van der Waals surface area contributed by atoms with Crippen LogP contribution in [0.5, 0.6) is 0 Å². The molecule has 2 fully saturated rings. The number of nitrogens with two attached hydrogens (primary N) is 1. The number of hydrogen-bond acceptors (Lipinski definition) is 4. The quantitative estimate of drug-likeness (QED) is 0.715. The fraction of sp³-hybridized carbons (Fsp3) is 0.923. The number of rotatable bonds is 6. The summed E-state index contributed by atoms with van der Waals surface area (Å²) in [6, 6.07) is 0. The minimum Gasteiger partial charge on any atom is -0.469 e. The second-order valence-electron chi connectivity index (χ2n) is 5.46. The van der Waals surface area contributed by atoms with E-state index in [1.54, 1.807) is 0 Å². The highest BCUT2D eigenvalue weighted by Gasteiger charge is 2.45. The van der Waals surface area contributed by atoms with E-state index in [0.717, 1.165) is 32.3 Å². The Morgan fingerprint density at radius 1 is 1.41 bits per heavy atom. The summed E-state index contributed by atoms with van der Waals surface area (Å²) in [6.07, 6.45) is 6.38. The van der Waals surface area contributed by atoms with Crippen molar-refractivity contribution < 1.29 is 14.3 Å². The summed E-state index contributed by atoms with van der Waals surface area (Å²) in [4.78, 5) is 12.1. The molecule has 0 amide bonds. The van der Waals surface area contributed by atoms with Gasteiger partial charge in [-0.2, -0.15) is 0 Å². The van der Waals surface area contributed by atoms with Gasteiger partial charge in [-0.1, -0.05) is 12.8 Å². The topological polar surface area (TPSA) is 61.5 Å². The SMILES string of the molecule is COC(=O)C(CN)(CC1CC1)CC1CCCO1. The average molecular weight is 241 g/mol. The van der Waals surface area contributed by atoms with E-state index in [2.05, 4.69) is 0 Å². The van der Waals surface area contributed by atoms with E-state index in [0.29, 0.717) is 12.5 Å². The van der Waals surface area contributed by atoms with Crippen LogP contribution in [-0.4, -0.2) is 32.3 Å². The highest BCUT2D eigenvalue weighted by atomic mass is 16.5. The number of ether oxygens (including phenoxy) is 2. The van der Waals surface area contributed by atoms with Gasteiger partial charge in [-0.25, -0.2) is 0 Å². The van der Waals surface area contributed by atoms with Crippen LogP contribution in [0.15, 0.2) is 0 Å². The van der Waals surface area contributed by atoms with Crippen molar-refractivity contribution in [3.63, 3.8) is 0 Å². The second kappa shape index (κ2) is 5.36. The van der Waals surface area contributed by atoms with Crippen molar-refractivity contribution in [2.24, 2.45) is 17.1 Å². The molecule has 4 nitrogen and oxygen atoms in total. The molecule has 0 bridgehead atoms. The van der Waals surface area contributed by atoms with E-state index in [1.165, 1.54) is 20.0 Å². The Labute approximate surface area is 103 Å². The van der Waals surface area contributed by atoms with Crippen LogP contribution in [0.25, 0.3) is 0 Å². The van der Waals surface area contributed by atoms with Gasteiger partial charge in [-0.05, 0) is 31.6 Å². The normalized spacial score (nSPS) is 27.8. The number of carbonyl (C=O) groups excluding carboxylic acids is 1. The lowest BCUT2D eigenvalue weighted by atomic mass is 9.77. The standard InChI is InChI=1S/C13H23NO3/c1-16-12(15)13(9-14,7-10-4-5-10)8-11-3-2-6-17-11/h10-11H,2-9,14H2,1H3. The molecule has 98 valence electrons. The third-order valence-electron chi connectivity index (χ3n) is 4.03. The molecule has 0 aromatic heterocycles. The summed E-state index contributed by atoms with van der Waals surface area (Å²) >= 11 is 0. The molecule has 0 aromatic carbocycles. The van der Waals surface area contributed by atoms with Crippen molar-refractivity contribution in [2.45, 2.75) is 44.6 Å². The van der Waals surface area contributed by atoms with Crippen molar-refractivity contribution in [1.29, 1.82) is 0 Å². The highest BCUT2D eigenvalue weighted by Crippen LogP contribution is 2.44. The van der Waals surface area contributed by atoms with Crippen molar-refractivity contribution >= 4 is 5.97 Å². The predicted molar refractivity (Wildman–Crippen MR) is 64.4 cm³/mol. The molecular formula is C13H23NO3. The zero-order chi connectivity index (χ0) is 12.3. The Kier molecular flexibility index (Phi) is 4.05. The number of carbonyl (C=O) groups is 1. The van der Waals surface area contributed by atoms with Gasteiger partial charge < -0.3 is 15.2 Å². The lowest BCUT2D eigenvalue weighted by molar-refractivity contribution is -0.155. The molecule has 17 heavy (non-hydrogen) atoms. The predicted octanol–water partition coefficient (Wildman–Crippen LogP) is 1.47. The fourth-order valence-electron chi connectivity index (χ4n) is 2.83. The van der Waals surface area contributed by atoms with Crippen LogP contribution in [0.3, 0.4) is 0 Å². The summed E-state index contributed by atoms with van der Waals surface area (Å²) in [5, 5.41) is 0. The van der Waals surface area contributed by atoms with Gasteiger partial charge in [-0.3, -0.25) is 4.79 Å². The molecule has 1 aliphatic heterocycles. The molecule has 2 rings (SSSR count). The lowest BCUT2D eigenvalue weighted by Gasteiger charge is -2.31. The summed E-state index contributed by atoms with van der Waals surface area (Å²) < 4.78 is 10.6. The van der Waals surface area contributed by atoms with Crippen molar-refractivity contribution in [1.82, 2.24) is 0 Å². The molecule has 1 saturated carbocycles. The first-order valence-electron chi connectivity index (χ1n) is 6.60. The minimum atomic E-state index is -0.509. The molecule has 0 spiro atoms. The van der Waals surface area contributed by atoms with E-state index in [-0.39, 0.29) is 12.1 Å². The van der Waals surface area contributed by atoms with Gasteiger partial charge in [0.1, 0.15) is 0 Å². The minimum absolute atomic E-state index is 0.151. The van der Waals surface area contributed by atoms with Crippen LogP contribution in [0, 0.1) is 11.3 Å². The van der Waals surface area contributed by atoms with Gasteiger partial charge in [0.2, 0.25) is 0 Å². The Morgan fingerprint density at radius 2 is 2.18 bits per heavy atom. The van der Waals surface area contributed by atoms with E-state index in [9.17, 15) is 4.79 Å². The van der Waals surface area contributed by atoms with Crippen LogP contribution in [-0.2, 0) is 14.3 Å².